The van der Waals surface area contributed by atoms with Crippen LogP contribution in [0.25, 0.3) is 0 Å². The normalized spacial score (nSPS) is 21.0. The highest BCUT2D eigenvalue weighted by Gasteiger charge is 2.36. The van der Waals surface area contributed by atoms with E-state index in [0.29, 0.717) is 24.2 Å². The van der Waals surface area contributed by atoms with Crippen LogP contribution in [0.5, 0.6) is 5.75 Å². The second-order valence-electron chi connectivity index (χ2n) is 5.47. The van der Waals surface area contributed by atoms with E-state index in [0.717, 1.165) is 16.5 Å². The summed E-state index contributed by atoms with van der Waals surface area (Å²) in [5.41, 5.74) is 1.47. The monoisotopic (exact) mass is 350 g/mol. The molecule has 1 atom stereocenters. The maximum absolute atomic E-state index is 14.3. The third-order valence-electron chi connectivity index (χ3n) is 4.14. The fourth-order valence-corrected chi connectivity index (χ4v) is 3.38. The van der Waals surface area contributed by atoms with E-state index in [1.807, 2.05) is 12.1 Å². The van der Waals surface area contributed by atoms with Crippen LogP contribution in [-0.4, -0.2) is 12.2 Å². The first-order chi connectivity index (χ1) is 10.0. The number of methoxy groups -OCH3 is 1. The van der Waals surface area contributed by atoms with E-state index >= 15 is 0 Å². The highest BCUT2D eigenvalue weighted by Crippen LogP contribution is 2.39. The van der Waals surface area contributed by atoms with Gasteiger partial charge in [-0.2, -0.15) is 0 Å². The third-order valence-corrected chi connectivity index (χ3v) is 4.63. The first kappa shape index (κ1) is 14.5. The van der Waals surface area contributed by atoms with Gasteiger partial charge >= 0.3 is 0 Å². The van der Waals surface area contributed by atoms with Crippen LogP contribution in [0.4, 0.5) is 4.39 Å². The zero-order valence-electron chi connectivity index (χ0n) is 11.7. The molecular weight excluding hydrogens is 335 g/mol. The molecule has 21 heavy (non-hydrogen) atoms. The molecule has 0 fully saturated rings. The largest absolute Gasteiger partial charge is 0.497 e. The molecule has 1 N–H and O–H groups in total. The second-order valence-corrected chi connectivity index (χ2v) is 6.38. The van der Waals surface area contributed by atoms with Gasteiger partial charge < -0.3 is 9.84 Å². The predicted molar refractivity (Wildman–Crippen MR) is 83.0 cm³/mol. The van der Waals surface area contributed by atoms with Crippen LogP contribution in [0, 0.1) is 5.82 Å². The lowest BCUT2D eigenvalue weighted by Gasteiger charge is -2.34. The number of aliphatic hydroxyl groups is 1. The summed E-state index contributed by atoms with van der Waals surface area (Å²) in [6, 6.07) is 10.6. The number of halogens is 2. The fraction of sp³-hybridized carbons (Fsp3) is 0.294. The van der Waals surface area contributed by atoms with Gasteiger partial charge in [-0.1, -0.05) is 22.0 Å². The van der Waals surface area contributed by atoms with Crippen molar-refractivity contribution >= 4 is 15.9 Å². The summed E-state index contributed by atoms with van der Waals surface area (Å²) in [5.74, 6) is 0.0393. The smallest absolute Gasteiger partial charge is 0.132 e. The topological polar surface area (TPSA) is 29.5 Å². The number of benzene rings is 2. The minimum atomic E-state index is -1.16. The van der Waals surface area contributed by atoms with Gasteiger partial charge in [0.25, 0.3) is 0 Å². The quantitative estimate of drug-likeness (QED) is 0.887. The van der Waals surface area contributed by atoms with Crippen molar-refractivity contribution in [2.45, 2.75) is 24.9 Å². The van der Waals surface area contributed by atoms with E-state index in [9.17, 15) is 9.50 Å². The summed E-state index contributed by atoms with van der Waals surface area (Å²) < 4.78 is 20.3. The van der Waals surface area contributed by atoms with Gasteiger partial charge in [0.05, 0.1) is 12.7 Å². The van der Waals surface area contributed by atoms with Crippen LogP contribution in [0.1, 0.15) is 23.1 Å². The van der Waals surface area contributed by atoms with Gasteiger partial charge in [0.15, 0.2) is 0 Å². The van der Waals surface area contributed by atoms with Gasteiger partial charge in [0.1, 0.15) is 11.6 Å². The molecule has 1 unspecified atom stereocenters. The second kappa shape index (κ2) is 5.43. The standard InChI is InChI=1S/C17H16BrFO2/c1-21-14-4-5-15(16(19)9-14)17(20)7-6-11-8-13(18)3-2-12(11)10-17/h2-5,8-9,20H,6-7,10H2,1H3. The molecule has 0 spiro atoms. The Kier molecular flexibility index (Phi) is 3.76. The molecule has 0 aromatic heterocycles. The molecule has 2 nitrogen and oxygen atoms in total. The van der Waals surface area contributed by atoms with E-state index in [1.165, 1.54) is 18.7 Å². The molecule has 1 aliphatic rings. The molecule has 0 saturated carbocycles. The highest BCUT2D eigenvalue weighted by atomic mass is 79.9. The summed E-state index contributed by atoms with van der Waals surface area (Å²) in [6.07, 6.45) is 1.68. The molecule has 2 aromatic rings. The van der Waals surface area contributed by atoms with Crippen molar-refractivity contribution in [2.75, 3.05) is 7.11 Å². The summed E-state index contributed by atoms with van der Waals surface area (Å²) >= 11 is 3.45. The Morgan fingerprint density at radius 2 is 2.00 bits per heavy atom. The molecule has 0 aliphatic heterocycles. The summed E-state index contributed by atoms with van der Waals surface area (Å²) in [7, 11) is 1.50. The zero-order chi connectivity index (χ0) is 15.0. The van der Waals surface area contributed by atoms with Gasteiger partial charge in [-0.05, 0) is 48.2 Å². The van der Waals surface area contributed by atoms with Gasteiger partial charge in [-0.3, -0.25) is 0 Å². The molecular formula is C17H16BrFO2. The maximum Gasteiger partial charge on any atom is 0.132 e. The zero-order valence-corrected chi connectivity index (χ0v) is 13.3. The van der Waals surface area contributed by atoms with Crippen molar-refractivity contribution in [3.8, 4) is 5.75 Å². The van der Waals surface area contributed by atoms with E-state index in [2.05, 4.69) is 22.0 Å². The Morgan fingerprint density at radius 1 is 1.19 bits per heavy atom. The molecule has 110 valence electrons. The molecule has 0 amide bonds. The molecule has 0 bridgehead atoms. The van der Waals surface area contributed by atoms with E-state index in [4.69, 9.17) is 4.74 Å². The minimum absolute atomic E-state index is 0.344. The average Bonchev–Trinajstić information content (AvgIpc) is 2.47. The van der Waals surface area contributed by atoms with Crippen molar-refractivity contribution in [1.82, 2.24) is 0 Å². The maximum atomic E-state index is 14.3. The van der Waals surface area contributed by atoms with Crippen LogP contribution in [0.2, 0.25) is 0 Å². The van der Waals surface area contributed by atoms with E-state index in [-0.39, 0.29) is 0 Å². The summed E-state index contributed by atoms with van der Waals surface area (Å²) in [4.78, 5) is 0. The SMILES string of the molecule is COc1ccc(C2(O)CCc3cc(Br)ccc3C2)c(F)c1. The van der Waals surface area contributed by atoms with Gasteiger partial charge in [-0.25, -0.2) is 4.39 Å². The lowest BCUT2D eigenvalue weighted by Crippen LogP contribution is -2.34. The van der Waals surface area contributed by atoms with Crippen LogP contribution in [0.15, 0.2) is 40.9 Å². The van der Waals surface area contributed by atoms with Crippen LogP contribution in [-0.2, 0) is 18.4 Å². The number of aryl methyl sites for hydroxylation is 1. The molecule has 3 rings (SSSR count). The Bertz CT molecular complexity index is 686. The minimum Gasteiger partial charge on any atom is -0.497 e. The Morgan fingerprint density at radius 3 is 2.71 bits per heavy atom. The van der Waals surface area contributed by atoms with Gasteiger partial charge in [0.2, 0.25) is 0 Å². The number of ether oxygens (including phenoxy) is 1. The molecule has 2 aromatic carbocycles. The molecule has 4 heteroatoms. The summed E-state index contributed by atoms with van der Waals surface area (Å²) in [6.45, 7) is 0. The Hall–Kier alpha value is -1.39. The first-order valence-corrected chi connectivity index (χ1v) is 7.65. The lowest BCUT2D eigenvalue weighted by atomic mass is 9.76. The molecule has 0 saturated heterocycles. The molecule has 0 radical (unpaired) electrons. The van der Waals surface area contributed by atoms with E-state index < -0.39 is 11.4 Å². The van der Waals surface area contributed by atoms with Crippen molar-refractivity contribution in [3.63, 3.8) is 0 Å². The first-order valence-electron chi connectivity index (χ1n) is 6.85. The number of hydrogen-bond acceptors (Lipinski definition) is 2. The lowest BCUT2D eigenvalue weighted by molar-refractivity contribution is 0.0188. The fourth-order valence-electron chi connectivity index (χ4n) is 2.97. The number of hydrogen-bond donors (Lipinski definition) is 1. The van der Waals surface area contributed by atoms with Crippen LogP contribution in [0.3, 0.4) is 0 Å². The number of fused-ring (bicyclic) bond motifs is 1. The molecule has 1 aliphatic carbocycles. The number of rotatable bonds is 2. The van der Waals surface area contributed by atoms with Gasteiger partial charge in [-0.15, -0.1) is 0 Å². The molecule has 0 heterocycles. The average molecular weight is 351 g/mol. The van der Waals surface area contributed by atoms with Gasteiger partial charge in [0, 0.05) is 22.5 Å². The highest BCUT2D eigenvalue weighted by molar-refractivity contribution is 9.10. The predicted octanol–water partition coefficient (Wildman–Crippen LogP) is 3.97. The third kappa shape index (κ3) is 2.70. The van der Waals surface area contributed by atoms with E-state index in [1.54, 1.807) is 12.1 Å². The van der Waals surface area contributed by atoms with Crippen LogP contribution < -0.4 is 4.74 Å². The van der Waals surface area contributed by atoms with Crippen molar-refractivity contribution in [2.24, 2.45) is 0 Å². The Labute approximate surface area is 131 Å². The van der Waals surface area contributed by atoms with Crippen molar-refractivity contribution in [1.29, 1.82) is 0 Å². The van der Waals surface area contributed by atoms with Crippen LogP contribution >= 0.6 is 15.9 Å². The van der Waals surface area contributed by atoms with Crippen molar-refractivity contribution in [3.05, 3.63) is 63.4 Å². The summed E-state index contributed by atoms with van der Waals surface area (Å²) in [5, 5.41) is 10.9. The Balaban J connectivity index is 1.97. The van der Waals surface area contributed by atoms with Crippen molar-refractivity contribution < 1.29 is 14.2 Å².